The van der Waals surface area contributed by atoms with E-state index in [4.69, 9.17) is 11.5 Å². The standard InChI is InChI=1S/C8H12N4OS/c9-6(7(10)13)2-5-14-8-11-3-1-4-12-8/h1,3-4,6H,2,5,9H2,(H2,10,13). The number of nitrogens with zero attached hydrogens (tertiary/aromatic N) is 2. The summed E-state index contributed by atoms with van der Waals surface area (Å²) in [6.45, 7) is 0. The monoisotopic (exact) mass is 212 g/mol. The molecule has 14 heavy (non-hydrogen) atoms. The van der Waals surface area contributed by atoms with E-state index >= 15 is 0 Å². The van der Waals surface area contributed by atoms with Crippen molar-refractivity contribution in [3.63, 3.8) is 0 Å². The van der Waals surface area contributed by atoms with Crippen LogP contribution < -0.4 is 11.5 Å². The number of nitrogens with two attached hydrogens (primary N) is 2. The number of aromatic nitrogens is 2. The molecular weight excluding hydrogens is 200 g/mol. The van der Waals surface area contributed by atoms with Gasteiger partial charge in [-0.3, -0.25) is 4.79 Å². The van der Waals surface area contributed by atoms with Gasteiger partial charge in [-0.2, -0.15) is 0 Å². The summed E-state index contributed by atoms with van der Waals surface area (Å²) in [6, 6.07) is 1.17. The summed E-state index contributed by atoms with van der Waals surface area (Å²) in [4.78, 5) is 18.6. The molecule has 1 atom stereocenters. The number of primary amides is 1. The molecule has 0 saturated carbocycles. The molecule has 0 aliphatic heterocycles. The number of rotatable bonds is 5. The van der Waals surface area contributed by atoms with Crippen LogP contribution in [0.4, 0.5) is 0 Å². The van der Waals surface area contributed by atoms with Crippen LogP contribution in [0, 0.1) is 0 Å². The van der Waals surface area contributed by atoms with Crippen molar-refractivity contribution in [1.29, 1.82) is 0 Å². The van der Waals surface area contributed by atoms with Gasteiger partial charge in [-0.25, -0.2) is 9.97 Å². The van der Waals surface area contributed by atoms with E-state index in [1.54, 1.807) is 18.5 Å². The molecule has 0 aromatic carbocycles. The van der Waals surface area contributed by atoms with Gasteiger partial charge >= 0.3 is 0 Å². The lowest BCUT2D eigenvalue weighted by molar-refractivity contribution is -0.119. The van der Waals surface area contributed by atoms with Crippen molar-refractivity contribution in [1.82, 2.24) is 9.97 Å². The molecule has 1 amide bonds. The smallest absolute Gasteiger partial charge is 0.234 e. The van der Waals surface area contributed by atoms with Gasteiger partial charge in [0, 0.05) is 18.1 Å². The van der Waals surface area contributed by atoms with Crippen molar-refractivity contribution in [2.45, 2.75) is 17.6 Å². The van der Waals surface area contributed by atoms with Gasteiger partial charge in [-0.1, -0.05) is 11.8 Å². The molecule has 1 aromatic rings. The van der Waals surface area contributed by atoms with E-state index in [0.29, 0.717) is 17.3 Å². The first-order chi connectivity index (χ1) is 6.70. The van der Waals surface area contributed by atoms with E-state index in [2.05, 4.69) is 9.97 Å². The molecule has 1 rings (SSSR count). The minimum absolute atomic E-state index is 0.473. The van der Waals surface area contributed by atoms with Gasteiger partial charge in [-0.15, -0.1) is 0 Å². The predicted octanol–water partition coefficient (Wildman–Crippen LogP) is -0.229. The van der Waals surface area contributed by atoms with Gasteiger partial charge in [0.05, 0.1) is 6.04 Å². The summed E-state index contributed by atoms with van der Waals surface area (Å²) in [6.07, 6.45) is 3.88. The summed E-state index contributed by atoms with van der Waals surface area (Å²) in [5.41, 5.74) is 10.5. The molecule has 1 unspecified atom stereocenters. The maximum atomic E-state index is 10.6. The Bertz CT molecular complexity index is 293. The number of carbonyl (C=O) groups is 1. The molecule has 6 heteroatoms. The summed E-state index contributed by atoms with van der Waals surface area (Å²) in [7, 11) is 0. The first-order valence-corrected chi connectivity index (χ1v) is 5.13. The number of hydrogen-bond acceptors (Lipinski definition) is 5. The van der Waals surface area contributed by atoms with Crippen LogP contribution in [0.3, 0.4) is 0 Å². The fraction of sp³-hybridized carbons (Fsp3) is 0.375. The van der Waals surface area contributed by atoms with Gasteiger partial charge in [-0.05, 0) is 12.5 Å². The van der Waals surface area contributed by atoms with Crippen LogP contribution in [0.15, 0.2) is 23.6 Å². The molecule has 1 aromatic heterocycles. The average Bonchev–Trinajstić information content (AvgIpc) is 2.19. The van der Waals surface area contributed by atoms with Crippen LogP contribution in [0.25, 0.3) is 0 Å². The Morgan fingerprint density at radius 3 is 2.71 bits per heavy atom. The van der Waals surface area contributed by atoms with Crippen LogP contribution in [-0.2, 0) is 4.79 Å². The number of amides is 1. The maximum absolute atomic E-state index is 10.6. The highest BCUT2D eigenvalue weighted by molar-refractivity contribution is 7.99. The Balaban J connectivity index is 2.26. The summed E-state index contributed by atoms with van der Waals surface area (Å²) in [5, 5.41) is 0.684. The molecule has 1 heterocycles. The van der Waals surface area contributed by atoms with E-state index in [-0.39, 0.29) is 0 Å². The largest absolute Gasteiger partial charge is 0.368 e. The Kier molecular flexibility index (Phi) is 4.34. The van der Waals surface area contributed by atoms with E-state index < -0.39 is 11.9 Å². The molecule has 0 radical (unpaired) electrons. The highest BCUT2D eigenvalue weighted by Crippen LogP contribution is 2.12. The Morgan fingerprint density at radius 2 is 2.14 bits per heavy atom. The van der Waals surface area contributed by atoms with E-state index in [1.807, 2.05) is 0 Å². The van der Waals surface area contributed by atoms with Gasteiger partial charge in [0.25, 0.3) is 0 Å². The quantitative estimate of drug-likeness (QED) is 0.519. The normalized spacial score (nSPS) is 12.4. The van der Waals surface area contributed by atoms with Crippen molar-refractivity contribution in [3.05, 3.63) is 18.5 Å². The van der Waals surface area contributed by atoms with Crippen LogP contribution in [0.1, 0.15) is 6.42 Å². The topological polar surface area (TPSA) is 94.9 Å². The first kappa shape index (κ1) is 10.9. The van der Waals surface area contributed by atoms with Crippen LogP contribution in [-0.4, -0.2) is 27.7 Å². The van der Waals surface area contributed by atoms with Crippen LogP contribution in [0.5, 0.6) is 0 Å². The molecule has 4 N–H and O–H groups in total. The van der Waals surface area contributed by atoms with Crippen molar-refractivity contribution in [2.75, 3.05) is 5.75 Å². The highest BCUT2D eigenvalue weighted by atomic mass is 32.2. The van der Waals surface area contributed by atoms with E-state index in [0.717, 1.165) is 0 Å². The summed E-state index contributed by atoms with van der Waals surface area (Å²) >= 11 is 1.46. The van der Waals surface area contributed by atoms with Crippen molar-refractivity contribution < 1.29 is 4.79 Å². The molecule has 5 nitrogen and oxygen atoms in total. The van der Waals surface area contributed by atoms with E-state index in [9.17, 15) is 4.79 Å². The molecule has 0 aliphatic rings. The molecule has 76 valence electrons. The second kappa shape index (κ2) is 5.56. The van der Waals surface area contributed by atoms with Gasteiger partial charge < -0.3 is 11.5 Å². The number of carbonyl (C=O) groups excluding carboxylic acids is 1. The Labute approximate surface area is 86.3 Å². The Morgan fingerprint density at radius 1 is 1.50 bits per heavy atom. The Hall–Kier alpha value is -1.14. The predicted molar refractivity (Wildman–Crippen MR) is 54.5 cm³/mol. The molecular formula is C8H12N4OS. The molecule has 0 saturated heterocycles. The number of thioether (sulfide) groups is 1. The molecule has 0 fully saturated rings. The third-order valence-electron chi connectivity index (χ3n) is 1.57. The maximum Gasteiger partial charge on any atom is 0.234 e. The highest BCUT2D eigenvalue weighted by Gasteiger charge is 2.08. The van der Waals surface area contributed by atoms with Gasteiger partial charge in [0.2, 0.25) is 5.91 Å². The minimum atomic E-state index is -0.578. The molecule has 0 spiro atoms. The zero-order chi connectivity index (χ0) is 10.4. The lowest BCUT2D eigenvalue weighted by Gasteiger charge is -2.05. The fourth-order valence-corrected chi connectivity index (χ4v) is 1.60. The summed E-state index contributed by atoms with van der Waals surface area (Å²) < 4.78 is 0. The van der Waals surface area contributed by atoms with Crippen molar-refractivity contribution in [2.24, 2.45) is 11.5 Å². The minimum Gasteiger partial charge on any atom is -0.368 e. The molecule has 0 bridgehead atoms. The fourth-order valence-electron chi connectivity index (χ4n) is 0.779. The second-order valence-electron chi connectivity index (χ2n) is 2.68. The summed E-state index contributed by atoms with van der Waals surface area (Å²) in [5.74, 6) is 0.216. The average molecular weight is 212 g/mol. The lowest BCUT2D eigenvalue weighted by Crippen LogP contribution is -2.36. The second-order valence-corrected chi connectivity index (χ2v) is 3.74. The van der Waals surface area contributed by atoms with E-state index in [1.165, 1.54) is 11.8 Å². The zero-order valence-corrected chi connectivity index (χ0v) is 8.41. The van der Waals surface area contributed by atoms with Gasteiger partial charge in [0.1, 0.15) is 0 Å². The van der Waals surface area contributed by atoms with Crippen LogP contribution in [0.2, 0.25) is 0 Å². The van der Waals surface area contributed by atoms with Gasteiger partial charge in [0.15, 0.2) is 5.16 Å². The SMILES string of the molecule is NC(=O)C(N)CCSc1ncccn1. The van der Waals surface area contributed by atoms with Crippen molar-refractivity contribution >= 4 is 17.7 Å². The third-order valence-corrected chi connectivity index (χ3v) is 2.48. The molecule has 0 aliphatic carbocycles. The number of hydrogen-bond donors (Lipinski definition) is 2. The van der Waals surface area contributed by atoms with Crippen molar-refractivity contribution in [3.8, 4) is 0 Å². The lowest BCUT2D eigenvalue weighted by atomic mass is 10.2. The van der Waals surface area contributed by atoms with Crippen LogP contribution >= 0.6 is 11.8 Å². The third kappa shape index (κ3) is 3.71. The first-order valence-electron chi connectivity index (χ1n) is 4.15. The zero-order valence-electron chi connectivity index (χ0n) is 7.59.